The lowest BCUT2D eigenvalue weighted by Crippen LogP contribution is -2.30. The molecule has 1 aliphatic rings. The molecule has 1 fully saturated rings. The second kappa shape index (κ2) is 5.96. The number of nitrogens with one attached hydrogen (secondary N) is 1. The SMILES string of the molecule is Cc1cnn(CCNCC2CCCC2)c(=O)c1. The normalized spacial score (nSPS) is 16.5. The van der Waals surface area contributed by atoms with E-state index in [0.717, 1.165) is 24.6 Å². The summed E-state index contributed by atoms with van der Waals surface area (Å²) >= 11 is 0. The highest BCUT2D eigenvalue weighted by Gasteiger charge is 2.13. The van der Waals surface area contributed by atoms with Crippen LogP contribution >= 0.6 is 0 Å². The predicted octanol–water partition coefficient (Wildman–Crippen LogP) is 1.33. The molecular weight excluding hydrogens is 214 g/mol. The maximum atomic E-state index is 11.6. The van der Waals surface area contributed by atoms with Crippen LogP contribution in [0.3, 0.4) is 0 Å². The van der Waals surface area contributed by atoms with Crippen LogP contribution in [0.1, 0.15) is 31.2 Å². The van der Waals surface area contributed by atoms with Gasteiger partial charge in [0.15, 0.2) is 0 Å². The summed E-state index contributed by atoms with van der Waals surface area (Å²) in [5.74, 6) is 0.845. The monoisotopic (exact) mass is 235 g/mol. The van der Waals surface area contributed by atoms with Gasteiger partial charge in [-0.1, -0.05) is 12.8 Å². The maximum absolute atomic E-state index is 11.6. The number of hydrogen-bond donors (Lipinski definition) is 1. The number of nitrogens with zero attached hydrogens (tertiary/aromatic N) is 2. The Bertz CT molecular complexity index is 407. The van der Waals surface area contributed by atoms with Crippen LogP contribution < -0.4 is 10.9 Å². The zero-order valence-electron chi connectivity index (χ0n) is 10.5. The van der Waals surface area contributed by atoms with Crippen LogP contribution in [0.15, 0.2) is 17.1 Å². The first-order valence-electron chi connectivity index (χ1n) is 6.50. The van der Waals surface area contributed by atoms with Gasteiger partial charge in [0.05, 0.1) is 12.7 Å². The van der Waals surface area contributed by atoms with E-state index in [1.807, 2.05) is 6.92 Å². The average molecular weight is 235 g/mol. The van der Waals surface area contributed by atoms with Crippen LogP contribution in [-0.4, -0.2) is 22.9 Å². The second-order valence-corrected chi connectivity index (χ2v) is 4.95. The summed E-state index contributed by atoms with van der Waals surface area (Å²) in [4.78, 5) is 11.6. The van der Waals surface area contributed by atoms with Gasteiger partial charge in [0.2, 0.25) is 0 Å². The van der Waals surface area contributed by atoms with Crippen LogP contribution in [0.25, 0.3) is 0 Å². The highest BCUT2D eigenvalue weighted by molar-refractivity contribution is 5.02. The van der Waals surface area contributed by atoms with Crippen LogP contribution in [0.4, 0.5) is 0 Å². The molecule has 94 valence electrons. The van der Waals surface area contributed by atoms with Gasteiger partial charge in [0.25, 0.3) is 5.56 Å². The van der Waals surface area contributed by atoms with Crippen LogP contribution in [0.5, 0.6) is 0 Å². The van der Waals surface area contributed by atoms with E-state index in [0.29, 0.717) is 6.54 Å². The Morgan fingerprint density at radius 1 is 1.47 bits per heavy atom. The number of hydrogen-bond acceptors (Lipinski definition) is 3. The summed E-state index contributed by atoms with van der Waals surface area (Å²) in [6, 6.07) is 1.63. The molecule has 17 heavy (non-hydrogen) atoms. The van der Waals surface area contributed by atoms with E-state index in [2.05, 4.69) is 10.4 Å². The Morgan fingerprint density at radius 3 is 2.94 bits per heavy atom. The van der Waals surface area contributed by atoms with Gasteiger partial charge in [-0.3, -0.25) is 4.79 Å². The summed E-state index contributed by atoms with van der Waals surface area (Å²) in [7, 11) is 0. The molecular formula is C13H21N3O. The molecule has 0 aromatic carbocycles. The number of aromatic nitrogens is 2. The third-order valence-electron chi connectivity index (χ3n) is 3.41. The molecule has 1 N–H and O–H groups in total. The van der Waals surface area contributed by atoms with Crippen molar-refractivity contribution in [2.24, 2.45) is 5.92 Å². The topological polar surface area (TPSA) is 46.9 Å². The Kier molecular flexibility index (Phi) is 4.31. The zero-order valence-corrected chi connectivity index (χ0v) is 10.5. The molecule has 0 unspecified atom stereocenters. The first-order chi connectivity index (χ1) is 8.25. The van der Waals surface area contributed by atoms with Crippen molar-refractivity contribution in [2.75, 3.05) is 13.1 Å². The highest BCUT2D eigenvalue weighted by atomic mass is 16.1. The first kappa shape index (κ1) is 12.3. The van der Waals surface area contributed by atoms with Crippen molar-refractivity contribution in [3.63, 3.8) is 0 Å². The lowest BCUT2D eigenvalue weighted by atomic mass is 10.1. The van der Waals surface area contributed by atoms with Crippen molar-refractivity contribution in [1.82, 2.24) is 15.1 Å². The van der Waals surface area contributed by atoms with Crippen molar-refractivity contribution in [3.05, 3.63) is 28.2 Å². The predicted molar refractivity (Wildman–Crippen MR) is 68.1 cm³/mol. The minimum atomic E-state index is -0.00679. The van der Waals surface area contributed by atoms with Gasteiger partial charge in [0, 0.05) is 12.6 Å². The van der Waals surface area contributed by atoms with E-state index in [-0.39, 0.29) is 5.56 Å². The fraction of sp³-hybridized carbons (Fsp3) is 0.692. The molecule has 0 radical (unpaired) electrons. The first-order valence-corrected chi connectivity index (χ1v) is 6.50. The summed E-state index contributed by atoms with van der Waals surface area (Å²) in [5, 5.41) is 7.53. The molecule has 1 aromatic heterocycles. The Labute approximate surface area is 102 Å². The van der Waals surface area contributed by atoms with Crippen molar-refractivity contribution >= 4 is 0 Å². The molecule has 1 aliphatic carbocycles. The molecule has 1 heterocycles. The largest absolute Gasteiger partial charge is 0.315 e. The molecule has 0 saturated heterocycles. The van der Waals surface area contributed by atoms with E-state index in [1.54, 1.807) is 12.3 Å². The molecule has 0 amide bonds. The van der Waals surface area contributed by atoms with E-state index in [9.17, 15) is 4.79 Å². The summed E-state index contributed by atoms with van der Waals surface area (Å²) < 4.78 is 1.52. The Balaban J connectivity index is 1.72. The molecule has 0 spiro atoms. The third-order valence-corrected chi connectivity index (χ3v) is 3.41. The molecule has 0 aliphatic heterocycles. The quantitative estimate of drug-likeness (QED) is 0.783. The molecule has 0 atom stereocenters. The molecule has 0 bridgehead atoms. The van der Waals surface area contributed by atoms with Crippen molar-refractivity contribution in [1.29, 1.82) is 0 Å². The van der Waals surface area contributed by atoms with Gasteiger partial charge in [0.1, 0.15) is 0 Å². The minimum Gasteiger partial charge on any atom is -0.315 e. The number of rotatable bonds is 5. The minimum absolute atomic E-state index is 0.00679. The summed E-state index contributed by atoms with van der Waals surface area (Å²) in [6.45, 7) is 4.45. The van der Waals surface area contributed by atoms with Crippen LogP contribution in [0, 0.1) is 12.8 Å². The van der Waals surface area contributed by atoms with Gasteiger partial charge in [-0.2, -0.15) is 5.10 Å². The van der Waals surface area contributed by atoms with Crippen molar-refractivity contribution in [3.8, 4) is 0 Å². The van der Waals surface area contributed by atoms with Crippen LogP contribution in [0.2, 0.25) is 0 Å². The third kappa shape index (κ3) is 3.66. The van der Waals surface area contributed by atoms with Crippen molar-refractivity contribution in [2.45, 2.75) is 39.2 Å². The molecule has 4 nitrogen and oxygen atoms in total. The van der Waals surface area contributed by atoms with E-state index >= 15 is 0 Å². The lowest BCUT2D eigenvalue weighted by Gasteiger charge is -2.10. The Morgan fingerprint density at radius 2 is 2.24 bits per heavy atom. The summed E-state index contributed by atoms with van der Waals surface area (Å²) in [5.41, 5.74) is 0.915. The van der Waals surface area contributed by atoms with E-state index in [4.69, 9.17) is 0 Å². The molecule has 1 saturated carbocycles. The Hall–Kier alpha value is -1.16. The lowest BCUT2D eigenvalue weighted by molar-refractivity contribution is 0.461. The van der Waals surface area contributed by atoms with Gasteiger partial charge in [-0.05, 0) is 37.8 Å². The summed E-state index contributed by atoms with van der Waals surface area (Å²) in [6.07, 6.45) is 7.21. The molecule has 1 aromatic rings. The maximum Gasteiger partial charge on any atom is 0.267 e. The highest BCUT2D eigenvalue weighted by Crippen LogP contribution is 2.23. The van der Waals surface area contributed by atoms with Crippen molar-refractivity contribution < 1.29 is 0 Å². The smallest absolute Gasteiger partial charge is 0.267 e. The zero-order chi connectivity index (χ0) is 12.1. The fourth-order valence-corrected chi connectivity index (χ4v) is 2.40. The van der Waals surface area contributed by atoms with Gasteiger partial charge in [-0.25, -0.2) is 4.68 Å². The van der Waals surface area contributed by atoms with Gasteiger partial charge < -0.3 is 5.32 Å². The van der Waals surface area contributed by atoms with Gasteiger partial charge >= 0.3 is 0 Å². The number of aryl methyl sites for hydroxylation is 1. The molecule has 4 heteroatoms. The standard InChI is InChI=1S/C13H21N3O/c1-11-8-13(17)16(15-9-11)7-6-14-10-12-4-2-3-5-12/h8-9,12,14H,2-7,10H2,1H3. The average Bonchev–Trinajstić information content (AvgIpc) is 2.79. The van der Waals surface area contributed by atoms with Crippen LogP contribution in [-0.2, 0) is 6.54 Å². The molecule has 2 rings (SSSR count). The second-order valence-electron chi connectivity index (χ2n) is 4.95. The van der Waals surface area contributed by atoms with Gasteiger partial charge in [-0.15, -0.1) is 0 Å². The van der Waals surface area contributed by atoms with E-state index < -0.39 is 0 Å². The fourth-order valence-electron chi connectivity index (χ4n) is 2.40. The van der Waals surface area contributed by atoms with E-state index in [1.165, 1.54) is 30.4 Å².